The Kier molecular flexibility index (Phi) is 9.15. The first-order chi connectivity index (χ1) is 19.7. The summed E-state index contributed by atoms with van der Waals surface area (Å²) in [6.45, 7) is 7.32. The highest BCUT2D eigenvalue weighted by Crippen LogP contribution is 2.48. The highest BCUT2D eigenvalue weighted by molar-refractivity contribution is 5.76. The highest BCUT2D eigenvalue weighted by atomic mass is 19.1. The molecule has 1 heterocycles. The van der Waals surface area contributed by atoms with Crippen molar-refractivity contribution in [2.75, 3.05) is 20.3 Å². The number of nitrogens with one attached hydrogen (secondary N) is 1. The lowest BCUT2D eigenvalue weighted by atomic mass is 9.65. The van der Waals surface area contributed by atoms with Crippen molar-refractivity contribution in [2.24, 2.45) is 18.9 Å². The van der Waals surface area contributed by atoms with E-state index in [1.165, 1.54) is 37.4 Å². The number of hydrogen-bond donors (Lipinski definition) is 1. The maximum atomic E-state index is 14.1. The molecule has 7 heteroatoms. The number of aromatic nitrogens is 2. The number of carbonyl (C=O) groups is 1. The zero-order chi connectivity index (χ0) is 29.1. The molecule has 0 spiro atoms. The van der Waals surface area contributed by atoms with Crippen LogP contribution in [0.1, 0.15) is 88.1 Å². The quantitative estimate of drug-likeness (QED) is 0.279. The van der Waals surface area contributed by atoms with E-state index < -0.39 is 5.60 Å². The smallest absolute Gasteiger partial charge is 0.332 e. The highest BCUT2D eigenvalue weighted by Gasteiger charge is 2.47. The van der Waals surface area contributed by atoms with E-state index in [2.05, 4.69) is 62.0 Å². The largest absolute Gasteiger partial charge is 0.457 e. The van der Waals surface area contributed by atoms with Crippen LogP contribution in [0.2, 0.25) is 0 Å². The van der Waals surface area contributed by atoms with Gasteiger partial charge in [-0.3, -0.25) is 0 Å². The van der Waals surface area contributed by atoms with E-state index >= 15 is 0 Å². The van der Waals surface area contributed by atoms with Crippen LogP contribution in [-0.2, 0) is 27.7 Å². The number of benzene rings is 2. The summed E-state index contributed by atoms with van der Waals surface area (Å²) in [6.07, 6.45) is 6.72. The number of para-hydroxylation sites is 2. The number of nitrogens with zero attached hydrogens (tertiary/aromatic N) is 2. The summed E-state index contributed by atoms with van der Waals surface area (Å²) < 4.78 is 27.8. The van der Waals surface area contributed by atoms with E-state index in [4.69, 9.17) is 14.5 Å². The third kappa shape index (κ3) is 6.21. The number of ether oxygens (including phenoxy) is 2. The first kappa shape index (κ1) is 29.7. The van der Waals surface area contributed by atoms with Crippen LogP contribution in [0.5, 0.6) is 0 Å². The van der Waals surface area contributed by atoms with Gasteiger partial charge in [-0.05, 0) is 99.2 Å². The van der Waals surface area contributed by atoms with Gasteiger partial charge in [-0.1, -0.05) is 32.0 Å². The minimum Gasteiger partial charge on any atom is -0.457 e. The van der Waals surface area contributed by atoms with Gasteiger partial charge >= 0.3 is 5.97 Å². The molecule has 0 radical (unpaired) electrons. The van der Waals surface area contributed by atoms with Gasteiger partial charge in [0, 0.05) is 38.5 Å². The van der Waals surface area contributed by atoms with E-state index in [1.807, 2.05) is 6.07 Å². The number of esters is 1. The minimum absolute atomic E-state index is 0.00602. The molecule has 2 aliphatic carbocycles. The number of fused-ring (bicyclic) bond motifs is 2. The second kappa shape index (κ2) is 12.6. The van der Waals surface area contributed by atoms with Crippen molar-refractivity contribution in [2.45, 2.75) is 89.2 Å². The minimum atomic E-state index is -0.654. The lowest BCUT2D eigenvalue weighted by Crippen LogP contribution is -2.49. The number of carbonyl (C=O) groups excluding carboxylic acids is 1. The Balaban J connectivity index is 1.24. The molecule has 2 aliphatic rings. The lowest BCUT2D eigenvalue weighted by Gasteiger charge is -2.47. The average Bonchev–Trinajstić information content (AvgIpc) is 3.29. The van der Waals surface area contributed by atoms with E-state index in [0.717, 1.165) is 36.0 Å². The second-order valence-electron chi connectivity index (χ2n) is 12.7. The fourth-order valence-corrected chi connectivity index (χ4v) is 7.75. The van der Waals surface area contributed by atoms with Crippen LogP contribution in [0.3, 0.4) is 0 Å². The summed E-state index contributed by atoms with van der Waals surface area (Å²) >= 11 is 0. The Morgan fingerprint density at radius 2 is 1.90 bits per heavy atom. The molecule has 1 fully saturated rings. The molecule has 0 bridgehead atoms. The summed E-state index contributed by atoms with van der Waals surface area (Å²) in [5, 5.41) is 3.81. The van der Waals surface area contributed by atoms with Crippen LogP contribution < -0.4 is 5.32 Å². The standard InChI is InChI=1S/C34H46FN3O3/c1-22(2)32-28-15-14-27(35)20-26(28)16-17-34(32,41-31(39)21-40-5)18-19-36-23(3)24-10-12-25(13-11-24)33-37-29-8-6-7-9-30(29)38(33)4/h6-9,14-15,20,22-25,32,36H,10-13,16-19,21H2,1-5H3/t23?,24?,25?,32-,34-/m0/s1. The fourth-order valence-electron chi connectivity index (χ4n) is 7.75. The molecule has 41 heavy (non-hydrogen) atoms. The first-order valence-corrected chi connectivity index (χ1v) is 15.4. The van der Waals surface area contributed by atoms with Gasteiger partial charge < -0.3 is 19.4 Å². The normalized spacial score (nSPS) is 25.3. The number of aryl methyl sites for hydroxylation is 2. The van der Waals surface area contributed by atoms with Gasteiger partial charge in [0.15, 0.2) is 0 Å². The van der Waals surface area contributed by atoms with Gasteiger partial charge in [0.2, 0.25) is 0 Å². The third-order valence-electron chi connectivity index (χ3n) is 9.75. The molecule has 0 amide bonds. The molecule has 1 saturated carbocycles. The summed E-state index contributed by atoms with van der Waals surface area (Å²) in [5.74, 6) is 1.98. The van der Waals surface area contributed by atoms with Crippen LogP contribution in [0.25, 0.3) is 11.0 Å². The van der Waals surface area contributed by atoms with Gasteiger partial charge in [0.25, 0.3) is 0 Å². The Bertz CT molecular complexity index is 1350. The predicted molar refractivity (Wildman–Crippen MR) is 160 cm³/mol. The molecule has 3 atom stereocenters. The third-order valence-corrected chi connectivity index (χ3v) is 9.75. The Morgan fingerprint density at radius 3 is 2.61 bits per heavy atom. The molecular formula is C34H46FN3O3. The SMILES string of the molecule is COCC(=O)O[C@]1(CCNC(C)C2CCC(c3nc4ccccc4n3C)CC2)CCc2cc(F)ccc2[C@@H]1C(C)C. The molecule has 1 N–H and O–H groups in total. The zero-order valence-electron chi connectivity index (χ0n) is 25.3. The Labute approximate surface area is 244 Å². The van der Waals surface area contributed by atoms with Crippen LogP contribution >= 0.6 is 0 Å². The van der Waals surface area contributed by atoms with Crippen molar-refractivity contribution in [3.05, 3.63) is 65.2 Å². The molecule has 0 saturated heterocycles. The summed E-state index contributed by atoms with van der Waals surface area (Å²) in [7, 11) is 3.65. The van der Waals surface area contributed by atoms with Crippen LogP contribution in [0.15, 0.2) is 42.5 Å². The first-order valence-electron chi connectivity index (χ1n) is 15.4. The molecule has 1 aromatic heterocycles. The zero-order valence-corrected chi connectivity index (χ0v) is 25.3. The Morgan fingerprint density at radius 1 is 1.15 bits per heavy atom. The fraction of sp³-hybridized carbons (Fsp3) is 0.588. The molecular weight excluding hydrogens is 517 g/mol. The average molecular weight is 564 g/mol. The van der Waals surface area contributed by atoms with E-state index in [1.54, 1.807) is 6.07 Å². The van der Waals surface area contributed by atoms with Crippen LogP contribution in [0, 0.1) is 17.7 Å². The number of rotatable bonds is 10. The van der Waals surface area contributed by atoms with Crippen molar-refractivity contribution in [3.63, 3.8) is 0 Å². The van der Waals surface area contributed by atoms with Crippen LogP contribution in [-0.4, -0.2) is 47.4 Å². The molecule has 2 aromatic carbocycles. The second-order valence-corrected chi connectivity index (χ2v) is 12.7. The van der Waals surface area contributed by atoms with E-state index in [0.29, 0.717) is 37.1 Å². The lowest BCUT2D eigenvalue weighted by molar-refractivity contribution is -0.171. The molecule has 1 unspecified atom stereocenters. The van der Waals surface area contributed by atoms with Crippen molar-refractivity contribution in [1.29, 1.82) is 0 Å². The molecule has 3 aromatic rings. The van der Waals surface area contributed by atoms with Crippen molar-refractivity contribution >= 4 is 17.0 Å². The van der Waals surface area contributed by atoms with Gasteiger partial charge in [-0.25, -0.2) is 14.2 Å². The van der Waals surface area contributed by atoms with E-state index in [9.17, 15) is 9.18 Å². The maximum absolute atomic E-state index is 14.1. The van der Waals surface area contributed by atoms with Gasteiger partial charge in [0.05, 0.1) is 11.0 Å². The predicted octanol–water partition coefficient (Wildman–Crippen LogP) is 6.67. The number of methoxy groups -OCH3 is 1. The molecule has 5 rings (SSSR count). The van der Waals surface area contributed by atoms with Crippen molar-refractivity contribution < 1.29 is 18.7 Å². The van der Waals surface area contributed by atoms with Crippen molar-refractivity contribution in [3.8, 4) is 0 Å². The topological polar surface area (TPSA) is 65.4 Å². The van der Waals surface area contributed by atoms with Gasteiger partial charge in [-0.15, -0.1) is 0 Å². The molecule has 0 aliphatic heterocycles. The molecule has 222 valence electrons. The maximum Gasteiger partial charge on any atom is 0.332 e. The number of halogens is 1. The summed E-state index contributed by atoms with van der Waals surface area (Å²) in [6, 6.07) is 13.8. The monoisotopic (exact) mass is 563 g/mol. The van der Waals surface area contributed by atoms with Gasteiger partial charge in [-0.2, -0.15) is 0 Å². The number of imidazole rings is 1. The number of hydrogen-bond acceptors (Lipinski definition) is 5. The summed E-state index contributed by atoms with van der Waals surface area (Å²) in [5.41, 5.74) is 3.76. The summed E-state index contributed by atoms with van der Waals surface area (Å²) in [4.78, 5) is 17.8. The molecule has 6 nitrogen and oxygen atoms in total. The Hall–Kier alpha value is -2.77. The van der Waals surface area contributed by atoms with Crippen LogP contribution in [0.4, 0.5) is 4.39 Å². The van der Waals surface area contributed by atoms with Crippen molar-refractivity contribution in [1.82, 2.24) is 14.9 Å². The van der Waals surface area contributed by atoms with E-state index in [-0.39, 0.29) is 30.2 Å². The van der Waals surface area contributed by atoms with Gasteiger partial charge in [0.1, 0.15) is 23.8 Å².